The first-order valence-corrected chi connectivity index (χ1v) is 6.93. The SMILES string of the molecule is CC(C)S(=O)(=O)N(C)Cc1ccc(C#N)cc1F. The molecule has 98 valence electrons. The molecular weight excluding hydrogens is 255 g/mol. The van der Waals surface area contributed by atoms with Crippen molar-refractivity contribution in [3.8, 4) is 6.07 Å². The van der Waals surface area contributed by atoms with Gasteiger partial charge in [-0.15, -0.1) is 0 Å². The van der Waals surface area contributed by atoms with Crippen LogP contribution in [0.5, 0.6) is 0 Å². The van der Waals surface area contributed by atoms with Crippen molar-refractivity contribution in [2.75, 3.05) is 7.05 Å². The maximum Gasteiger partial charge on any atom is 0.216 e. The van der Waals surface area contributed by atoms with Crippen LogP contribution in [0.25, 0.3) is 0 Å². The molecule has 0 saturated carbocycles. The van der Waals surface area contributed by atoms with E-state index in [-0.39, 0.29) is 17.7 Å². The molecule has 0 aliphatic rings. The highest BCUT2D eigenvalue weighted by Crippen LogP contribution is 2.15. The van der Waals surface area contributed by atoms with Gasteiger partial charge in [0, 0.05) is 19.2 Å². The van der Waals surface area contributed by atoms with Crippen molar-refractivity contribution < 1.29 is 12.8 Å². The van der Waals surface area contributed by atoms with Crippen LogP contribution in [-0.4, -0.2) is 25.0 Å². The predicted molar refractivity (Wildman–Crippen MR) is 66.6 cm³/mol. The Morgan fingerprint density at radius 1 is 1.44 bits per heavy atom. The molecule has 0 saturated heterocycles. The molecule has 0 unspecified atom stereocenters. The molecule has 1 aromatic rings. The lowest BCUT2D eigenvalue weighted by Crippen LogP contribution is -2.32. The minimum atomic E-state index is -3.41. The van der Waals surface area contributed by atoms with Crippen LogP contribution >= 0.6 is 0 Å². The van der Waals surface area contributed by atoms with E-state index in [1.54, 1.807) is 13.8 Å². The zero-order chi connectivity index (χ0) is 13.9. The van der Waals surface area contributed by atoms with Gasteiger partial charge >= 0.3 is 0 Å². The molecule has 0 aliphatic carbocycles. The molecule has 0 radical (unpaired) electrons. The highest BCUT2D eigenvalue weighted by atomic mass is 32.2. The van der Waals surface area contributed by atoms with E-state index >= 15 is 0 Å². The lowest BCUT2D eigenvalue weighted by atomic mass is 10.1. The van der Waals surface area contributed by atoms with Gasteiger partial charge in [-0.3, -0.25) is 0 Å². The number of nitriles is 1. The van der Waals surface area contributed by atoms with Gasteiger partial charge in [0.15, 0.2) is 0 Å². The van der Waals surface area contributed by atoms with E-state index in [4.69, 9.17) is 5.26 Å². The second-order valence-electron chi connectivity index (χ2n) is 4.27. The van der Waals surface area contributed by atoms with Crippen LogP contribution in [0, 0.1) is 17.1 Å². The summed E-state index contributed by atoms with van der Waals surface area (Å²) in [5, 5.41) is 8.06. The molecule has 0 heterocycles. The van der Waals surface area contributed by atoms with Crippen LogP contribution in [-0.2, 0) is 16.6 Å². The van der Waals surface area contributed by atoms with E-state index in [0.717, 1.165) is 10.4 Å². The highest BCUT2D eigenvalue weighted by Gasteiger charge is 2.23. The Labute approximate surface area is 107 Å². The zero-order valence-electron chi connectivity index (χ0n) is 10.5. The van der Waals surface area contributed by atoms with Crippen molar-refractivity contribution in [1.82, 2.24) is 4.31 Å². The van der Waals surface area contributed by atoms with Gasteiger partial charge in [-0.25, -0.2) is 17.1 Å². The minimum Gasteiger partial charge on any atom is -0.212 e. The van der Waals surface area contributed by atoms with Gasteiger partial charge in [0.05, 0.1) is 16.9 Å². The number of benzene rings is 1. The Kier molecular flexibility index (Phi) is 4.43. The summed E-state index contributed by atoms with van der Waals surface area (Å²) < 4.78 is 38.4. The maximum absolute atomic E-state index is 13.6. The van der Waals surface area contributed by atoms with Crippen molar-refractivity contribution in [2.24, 2.45) is 0 Å². The van der Waals surface area contributed by atoms with Crippen LogP contribution in [0.4, 0.5) is 4.39 Å². The van der Waals surface area contributed by atoms with Gasteiger partial charge in [-0.05, 0) is 26.0 Å². The van der Waals surface area contributed by atoms with Gasteiger partial charge < -0.3 is 0 Å². The molecule has 6 heteroatoms. The molecule has 0 atom stereocenters. The highest BCUT2D eigenvalue weighted by molar-refractivity contribution is 7.89. The lowest BCUT2D eigenvalue weighted by molar-refractivity contribution is 0.450. The molecule has 0 amide bonds. The van der Waals surface area contributed by atoms with E-state index < -0.39 is 21.1 Å². The molecule has 0 aromatic heterocycles. The Hall–Kier alpha value is -1.45. The van der Waals surface area contributed by atoms with E-state index in [9.17, 15) is 12.8 Å². The lowest BCUT2D eigenvalue weighted by Gasteiger charge is -2.19. The van der Waals surface area contributed by atoms with E-state index in [0.29, 0.717) is 0 Å². The summed E-state index contributed by atoms with van der Waals surface area (Å²) >= 11 is 0. The summed E-state index contributed by atoms with van der Waals surface area (Å²) in [6.45, 7) is 3.10. The number of rotatable bonds is 4. The van der Waals surface area contributed by atoms with Crippen molar-refractivity contribution in [3.05, 3.63) is 35.1 Å². The predicted octanol–water partition coefficient (Wildman–Crippen LogP) is 1.87. The van der Waals surface area contributed by atoms with Crippen LogP contribution in [0.1, 0.15) is 25.0 Å². The molecule has 0 fully saturated rings. The van der Waals surface area contributed by atoms with Crippen LogP contribution in [0.3, 0.4) is 0 Å². The molecule has 0 N–H and O–H groups in total. The Morgan fingerprint density at radius 2 is 2.06 bits per heavy atom. The summed E-state index contributed by atoms with van der Waals surface area (Å²) in [6, 6.07) is 5.82. The summed E-state index contributed by atoms with van der Waals surface area (Å²) in [5.74, 6) is -0.570. The fourth-order valence-electron chi connectivity index (χ4n) is 1.43. The van der Waals surface area contributed by atoms with E-state index in [1.807, 2.05) is 6.07 Å². The largest absolute Gasteiger partial charge is 0.216 e. The maximum atomic E-state index is 13.6. The average Bonchev–Trinajstić information content (AvgIpc) is 2.31. The average molecular weight is 270 g/mol. The Balaban J connectivity index is 2.97. The molecule has 0 bridgehead atoms. The minimum absolute atomic E-state index is 0.0436. The summed E-state index contributed by atoms with van der Waals surface area (Å²) in [6.07, 6.45) is 0. The van der Waals surface area contributed by atoms with Gasteiger partial charge in [-0.1, -0.05) is 6.07 Å². The fraction of sp³-hybridized carbons (Fsp3) is 0.417. The molecule has 4 nitrogen and oxygen atoms in total. The van der Waals surface area contributed by atoms with Crippen molar-refractivity contribution in [3.63, 3.8) is 0 Å². The third-order valence-electron chi connectivity index (χ3n) is 2.61. The number of halogens is 1. The molecule has 0 aliphatic heterocycles. The van der Waals surface area contributed by atoms with Crippen LogP contribution in [0.15, 0.2) is 18.2 Å². The fourth-order valence-corrected chi connectivity index (χ4v) is 2.47. The quantitative estimate of drug-likeness (QED) is 0.839. The summed E-state index contributed by atoms with van der Waals surface area (Å²) in [5.41, 5.74) is 0.464. The van der Waals surface area contributed by atoms with Crippen LogP contribution < -0.4 is 0 Å². The summed E-state index contributed by atoms with van der Waals surface area (Å²) in [7, 11) is -2.00. The van der Waals surface area contributed by atoms with E-state index in [2.05, 4.69) is 0 Å². The number of hydrogen-bond donors (Lipinski definition) is 0. The molecular formula is C12H15FN2O2S. The van der Waals surface area contributed by atoms with Crippen molar-refractivity contribution in [1.29, 1.82) is 5.26 Å². The molecule has 0 spiro atoms. The second kappa shape index (κ2) is 5.46. The summed E-state index contributed by atoms with van der Waals surface area (Å²) in [4.78, 5) is 0. The van der Waals surface area contributed by atoms with Crippen LogP contribution in [0.2, 0.25) is 0 Å². The Bertz CT molecular complexity index is 576. The number of hydrogen-bond acceptors (Lipinski definition) is 3. The topological polar surface area (TPSA) is 61.2 Å². The normalized spacial score (nSPS) is 11.8. The van der Waals surface area contributed by atoms with Crippen molar-refractivity contribution >= 4 is 10.0 Å². The van der Waals surface area contributed by atoms with Gasteiger partial charge in [-0.2, -0.15) is 5.26 Å². The van der Waals surface area contributed by atoms with Gasteiger partial charge in [0.2, 0.25) is 10.0 Å². The smallest absolute Gasteiger partial charge is 0.212 e. The van der Waals surface area contributed by atoms with Crippen molar-refractivity contribution in [2.45, 2.75) is 25.6 Å². The third-order valence-corrected chi connectivity index (χ3v) is 4.79. The molecule has 1 aromatic carbocycles. The zero-order valence-corrected chi connectivity index (χ0v) is 11.3. The first-order chi connectivity index (χ1) is 8.28. The second-order valence-corrected chi connectivity index (χ2v) is 6.86. The standard InChI is InChI=1S/C12H15FN2O2S/c1-9(2)18(16,17)15(3)8-11-5-4-10(7-14)6-12(11)13/h4-6,9H,8H2,1-3H3. The molecule has 1 rings (SSSR count). The number of sulfonamides is 1. The first-order valence-electron chi connectivity index (χ1n) is 5.42. The van der Waals surface area contributed by atoms with Gasteiger partial charge in [0.1, 0.15) is 5.82 Å². The monoisotopic (exact) mass is 270 g/mol. The third kappa shape index (κ3) is 3.06. The van der Waals surface area contributed by atoms with E-state index in [1.165, 1.54) is 19.2 Å². The van der Waals surface area contributed by atoms with Gasteiger partial charge in [0.25, 0.3) is 0 Å². The molecule has 18 heavy (non-hydrogen) atoms. The Morgan fingerprint density at radius 3 is 2.50 bits per heavy atom. The number of nitrogens with zero attached hydrogens (tertiary/aromatic N) is 2. The first kappa shape index (κ1) is 14.6.